The lowest BCUT2D eigenvalue weighted by Crippen LogP contribution is -2.47. The predicted molar refractivity (Wildman–Crippen MR) is 101 cm³/mol. The zero-order valence-corrected chi connectivity index (χ0v) is 15.7. The minimum absolute atomic E-state index is 0.333. The number of aromatic nitrogens is 1. The van der Waals surface area contributed by atoms with Gasteiger partial charge in [-0.1, -0.05) is 0 Å². The topological polar surface area (TPSA) is 101 Å². The van der Waals surface area contributed by atoms with Crippen LogP contribution >= 0.6 is 11.3 Å². The standard InChI is InChI=1S/C18H18N4O4S/c1-22-17(24)14(9-20-18(22)25)15(23)19-8-7-12-10-27-16(21-12)11-3-5-13(26-2)6-4-11/h3-6,9-10,14H,7-8H2,1-2H3,(H,19,23). The van der Waals surface area contributed by atoms with E-state index in [0.29, 0.717) is 13.0 Å². The van der Waals surface area contributed by atoms with E-state index in [9.17, 15) is 14.4 Å². The number of ether oxygens (including phenoxy) is 1. The number of carbonyl (C=O) groups excluding carboxylic acids is 3. The second-order valence-electron chi connectivity index (χ2n) is 5.85. The van der Waals surface area contributed by atoms with Gasteiger partial charge in [-0.3, -0.25) is 14.5 Å². The fourth-order valence-corrected chi connectivity index (χ4v) is 3.34. The molecule has 27 heavy (non-hydrogen) atoms. The quantitative estimate of drug-likeness (QED) is 0.763. The molecule has 0 saturated heterocycles. The second kappa shape index (κ2) is 8.09. The first kappa shape index (κ1) is 18.7. The number of amides is 4. The number of rotatable bonds is 6. The van der Waals surface area contributed by atoms with Crippen LogP contribution in [0.1, 0.15) is 5.69 Å². The van der Waals surface area contributed by atoms with E-state index >= 15 is 0 Å². The third-order valence-corrected chi connectivity index (χ3v) is 5.01. The van der Waals surface area contributed by atoms with Gasteiger partial charge in [0.05, 0.1) is 12.8 Å². The molecule has 0 radical (unpaired) electrons. The van der Waals surface area contributed by atoms with Gasteiger partial charge in [-0.05, 0) is 24.3 Å². The smallest absolute Gasteiger partial charge is 0.349 e. The van der Waals surface area contributed by atoms with E-state index in [-0.39, 0.29) is 0 Å². The molecule has 0 aliphatic carbocycles. The lowest BCUT2D eigenvalue weighted by atomic mass is 10.1. The number of benzene rings is 1. The van der Waals surface area contributed by atoms with E-state index in [1.807, 2.05) is 29.6 Å². The average Bonchev–Trinajstić information content (AvgIpc) is 3.15. The third kappa shape index (κ3) is 4.20. The normalized spacial score (nSPS) is 16.5. The molecule has 140 valence electrons. The summed E-state index contributed by atoms with van der Waals surface area (Å²) in [6.45, 7) is 0.333. The van der Waals surface area contributed by atoms with Crippen LogP contribution in [0.5, 0.6) is 5.75 Å². The molecule has 2 heterocycles. The molecule has 1 aliphatic rings. The van der Waals surface area contributed by atoms with E-state index in [1.54, 1.807) is 7.11 Å². The van der Waals surface area contributed by atoms with Gasteiger partial charge < -0.3 is 10.1 Å². The zero-order chi connectivity index (χ0) is 19.4. The molecule has 0 fully saturated rings. The second-order valence-corrected chi connectivity index (χ2v) is 6.71. The number of aliphatic imine (C=N–C) groups is 1. The van der Waals surface area contributed by atoms with Gasteiger partial charge in [0.15, 0.2) is 5.92 Å². The number of carbonyl (C=O) groups is 3. The summed E-state index contributed by atoms with van der Waals surface area (Å²) < 4.78 is 5.14. The van der Waals surface area contributed by atoms with Gasteiger partial charge in [-0.15, -0.1) is 11.3 Å². The van der Waals surface area contributed by atoms with Crippen molar-refractivity contribution in [1.82, 2.24) is 15.2 Å². The van der Waals surface area contributed by atoms with Gasteiger partial charge in [0.2, 0.25) is 11.8 Å². The van der Waals surface area contributed by atoms with Crippen molar-refractivity contribution < 1.29 is 19.1 Å². The molecule has 1 aromatic heterocycles. The maximum absolute atomic E-state index is 12.1. The Morgan fingerprint density at radius 2 is 2.04 bits per heavy atom. The van der Waals surface area contributed by atoms with E-state index in [2.05, 4.69) is 15.3 Å². The highest BCUT2D eigenvalue weighted by Gasteiger charge is 2.33. The van der Waals surface area contributed by atoms with Crippen LogP contribution in [-0.4, -0.2) is 54.6 Å². The first-order valence-corrected chi connectivity index (χ1v) is 9.10. The largest absolute Gasteiger partial charge is 0.497 e. The Bertz CT molecular complexity index is 891. The molecule has 9 heteroatoms. The van der Waals surface area contributed by atoms with Gasteiger partial charge in [-0.25, -0.2) is 14.8 Å². The minimum atomic E-state index is -1.07. The average molecular weight is 386 g/mol. The van der Waals surface area contributed by atoms with E-state index in [1.165, 1.54) is 18.4 Å². The van der Waals surface area contributed by atoms with Crippen LogP contribution in [0.25, 0.3) is 10.6 Å². The van der Waals surface area contributed by atoms with Crippen molar-refractivity contribution in [3.05, 3.63) is 35.3 Å². The Morgan fingerprint density at radius 1 is 1.30 bits per heavy atom. The lowest BCUT2D eigenvalue weighted by Gasteiger charge is -2.21. The summed E-state index contributed by atoms with van der Waals surface area (Å²) in [5.41, 5.74) is 1.84. The molecule has 0 bridgehead atoms. The molecular formula is C18H18N4O4S. The molecule has 4 amide bonds. The number of nitrogens with one attached hydrogen (secondary N) is 1. The molecule has 0 saturated carbocycles. The van der Waals surface area contributed by atoms with Crippen molar-refractivity contribution in [2.24, 2.45) is 10.9 Å². The fourth-order valence-electron chi connectivity index (χ4n) is 2.48. The summed E-state index contributed by atoms with van der Waals surface area (Å²) in [7, 11) is 2.92. The van der Waals surface area contributed by atoms with Crippen molar-refractivity contribution in [3.8, 4) is 16.3 Å². The van der Waals surface area contributed by atoms with Crippen LogP contribution in [0.3, 0.4) is 0 Å². The van der Waals surface area contributed by atoms with Crippen LogP contribution in [0.4, 0.5) is 4.79 Å². The summed E-state index contributed by atoms with van der Waals surface area (Å²) in [6, 6.07) is 6.96. The lowest BCUT2D eigenvalue weighted by molar-refractivity contribution is -0.136. The molecule has 3 rings (SSSR count). The van der Waals surface area contributed by atoms with Crippen molar-refractivity contribution in [1.29, 1.82) is 0 Å². The highest BCUT2D eigenvalue weighted by Crippen LogP contribution is 2.25. The number of nitrogens with zero attached hydrogens (tertiary/aromatic N) is 3. The maximum atomic E-state index is 12.1. The third-order valence-electron chi connectivity index (χ3n) is 4.07. The molecule has 0 spiro atoms. The Labute approximate surface area is 159 Å². The molecule has 1 aromatic carbocycles. The first-order chi connectivity index (χ1) is 13.0. The predicted octanol–water partition coefficient (Wildman–Crippen LogP) is 1.76. The summed E-state index contributed by atoms with van der Waals surface area (Å²) in [5, 5.41) is 5.51. The van der Waals surface area contributed by atoms with Crippen molar-refractivity contribution in [2.45, 2.75) is 6.42 Å². The highest BCUT2D eigenvalue weighted by molar-refractivity contribution is 7.13. The van der Waals surface area contributed by atoms with Crippen LogP contribution in [0.2, 0.25) is 0 Å². The van der Waals surface area contributed by atoms with Crippen molar-refractivity contribution in [2.75, 3.05) is 20.7 Å². The molecule has 2 aromatic rings. The number of hydrogen-bond donors (Lipinski definition) is 1. The molecule has 1 unspecified atom stereocenters. The minimum Gasteiger partial charge on any atom is -0.497 e. The number of methoxy groups -OCH3 is 1. The maximum Gasteiger partial charge on any atom is 0.349 e. The van der Waals surface area contributed by atoms with Crippen LogP contribution in [-0.2, 0) is 16.0 Å². The monoisotopic (exact) mass is 386 g/mol. The number of imide groups is 1. The number of thiazole rings is 1. The summed E-state index contributed by atoms with van der Waals surface area (Å²) in [4.78, 5) is 44.3. The molecular weight excluding hydrogens is 368 g/mol. The van der Waals surface area contributed by atoms with Crippen LogP contribution in [0.15, 0.2) is 34.6 Å². The van der Waals surface area contributed by atoms with E-state index in [4.69, 9.17) is 4.74 Å². The SMILES string of the molecule is COc1ccc(-c2nc(CCNC(=O)C3C=NC(=O)N(C)C3=O)cs2)cc1. The Kier molecular flexibility index (Phi) is 5.60. The van der Waals surface area contributed by atoms with Crippen molar-refractivity contribution >= 4 is 35.4 Å². The summed E-state index contributed by atoms with van der Waals surface area (Å²) >= 11 is 1.52. The highest BCUT2D eigenvalue weighted by atomic mass is 32.1. The Balaban J connectivity index is 1.54. The van der Waals surface area contributed by atoms with Gasteiger partial charge in [0, 0.05) is 37.2 Å². The van der Waals surface area contributed by atoms with E-state index < -0.39 is 23.8 Å². The first-order valence-electron chi connectivity index (χ1n) is 8.22. The molecule has 1 atom stereocenters. The Hall–Kier alpha value is -3.07. The van der Waals surface area contributed by atoms with Gasteiger partial charge >= 0.3 is 6.03 Å². The zero-order valence-electron chi connectivity index (χ0n) is 14.8. The van der Waals surface area contributed by atoms with Crippen LogP contribution < -0.4 is 10.1 Å². The number of urea groups is 1. The molecule has 8 nitrogen and oxygen atoms in total. The van der Waals surface area contributed by atoms with Crippen LogP contribution in [0, 0.1) is 5.92 Å². The fraction of sp³-hybridized carbons (Fsp3) is 0.278. The number of hydrogen-bond acceptors (Lipinski definition) is 6. The molecule has 1 N–H and O–H groups in total. The summed E-state index contributed by atoms with van der Waals surface area (Å²) in [5.74, 6) is -1.35. The van der Waals surface area contributed by atoms with E-state index in [0.717, 1.165) is 33.1 Å². The van der Waals surface area contributed by atoms with Crippen molar-refractivity contribution in [3.63, 3.8) is 0 Å². The van der Waals surface area contributed by atoms with Gasteiger partial charge in [0.1, 0.15) is 10.8 Å². The molecule has 1 aliphatic heterocycles. The Morgan fingerprint density at radius 3 is 2.74 bits per heavy atom. The summed E-state index contributed by atoms with van der Waals surface area (Å²) in [6.07, 6.45) is 1.62. The van der Waals surface area contributed by atoms with Gasteiger partial charge in [0.25, 0.3) is 0 Å². The van der Waals surface area contributed by atoms with Gasteiger partial charge in [-0.2, -0.15) is 0 Å².